The van der Waals surface area contributed by atoms with Crippen LogP contribution in [0.1, 0.15) is 10.4 Å². The summed E-state index contributed by atoms with van der Waals surface area (Å²) >= 11 is 11.8. The van der Waals surface area contributed by atoms with Crippen molar-refractivity contribution in [1.82, 2.24) is 0 Å². The van der Waals surface area contributed by atoms with Crippen molar-refractivity contribution in [1.29, 1.82) is 0 Å². The zero-order valence-electron chi connectivity index (χ0n) is 11.2. The van der Waals surface area contributed by atoms with E-state index in [4.69, 9.17) is 23.2 Å². The van der Waals surface area contributed by atoms with Crippen LogP contribution in [0, 0.1) is 0 Å². The Labute approximate surface area is 128 Å². The zero-order chi connectivity index (χ0) is 14.7. The molecule has 0 aliphatic carbocycles. The van der Waals surface area contributed by atoms with Gasteiger partial charge >= 0.3 is 0 Å². The Balaban J connectivity index is 2.21. The van der Waals surface area contributed by atoms with Crippen molar-refractivity contribution in [2.24, 2.45) is 0 Å². The molecule has 0 spiro atoms. The van der Waals surface area contributed by atoms with Gasteiger partial charge in [-0.3, -0.25) is 4.79 Å². The Kier molecular flexibility index (Phi) is 4.53. The Morgan fingerprint density at radius 3 is 2.30 bits per heavy atom. The fraction of sp³-hybridized carbons (Fsp3) is 0.133. The fourth-order valence-corrected chi connectivity index (χ4v) is 2.28. The molecule has 0 fully saturated rings. The van der Waals surface area contributed by atoms with Crippen LogP contribution in [-0.4, -0.2) is 20.0 Å². The molecular formula is C15H14Cl2N2O. The van der Waals surface area contributed by atoms with Gasteiger partial charge in [0.05, 0.1) is 0 Å². The maximum absolute atomic E-state index is 12.2. The molecule has 2 rings (SSSR count). The Morgan fingerprint density at radius 1 is 1.05 bits per heavy atom. The number of nitrogens with one attached hydrogen (secondary N) is 1. The first-order valence-corrected chi connectivity index (χ1v) is 6.76. The minimum atomic E-state index is -0.202. The highest BCUT2D eigenvalue weighted by Crippen LogP contribution is 2.23. The van der Waals surface area contributed by atoms with Gasteiger partial charge in [-0.1, -0.05) is 29.3 Å². The highest BCUT2D eigenvalue weighted by atomic mass is 35.5. The summed E-state index contributed by atoms with van der Waals surface area (Å²) in [6, 6.07) is 12.3. The number of rotatable bonds is 3. The van der Waals surface area contributed by atoms with E-state index >= 15 is 0 Å². The highest BCUT2D eigenvalue weighted by Gasteiger charge is 2.08. The second-order valence-electron chi connectivity index (χ2n) is 4.56. The molecule has 2 aromatic rings. The summed E-state index contributed by atoms with van der Waals surface area (Å²) in [7, 11) is 3.85. The number of amides is 1. The summed E-state index contributed by atoms with van der Waals surface area (Å²) < 4.78 is 0. The Bertz CT molecular complexity index is 621. The largest absolute Gasteiger partial charge is 0.378 e. The van der Waals surface area contributed by atoms with E-state index in [0.29, 0.717) is 21.3 Å². The molecule has 0 saturated heterocycles. The molecule has 3 nitrogen and oxygen atoms in total. The molecular weight excluding hydrogens is 295 g/mol. The Morgan fingerprint density at radius 2 is 1.70 bits per heavy atom. The number of nitrogens with zero attached hydrogens (tertiary/aromatic N) is 1. The van der Waals surface area contributed by atoms with Crippen LogP contribution in [-0.2, 0) is 0 Å². The highest BCUT2D eigenvalue weighted by molar-refractivity contribution is 6.35. The lowest BCUT2D eigenvalue weighted by Crippen LogP contribution is -2.14. The number of anilines is 2. The summed E-state index contributed by atoms with van der Waals surface area (Å²) in [5.74, 6) is -0.202. The third-order valence-corrected chi connectivity index (χ3v) is 3.18. The lowest BCUT2D eigenvalue weighted by Gasteiger charge is -2.13. The van der Waals surface area contributed by atoms with Gasteiger partial charge in [0.15, 0.2) is 0 Å². The van der Waals surface area contributed by atoms with Crippen molar-refractivity contribution >= 4 is 40.5 Å². The molecule has 0 aromatic heterocycles. The van der Waals surface area contributed by atoms with E-state index in [2.05, 4.69) is 5.32 Å². The normalized spacial score (nSPS) is 10.2. The van der Waals surface area contributed by atoms with Crippen LogP contribution in [0.25, 0.3) is 0 Å². The smallest absolute Gasteiger partial charge is 0.255 e. The van der Waals surface area contributed by atoms with Gasteiger partial charge < -0.3 is 10.2 Å². The maximum atomic E-state index is 12.2. The first-order valence-electron chi connectivity index (χ1n) is 6.00. The number of carbonyl (C=O) groups excluding carboxylic acids is 1. The van der Waals surface area contributed by atoms with E-state index < -0.39 is 0 Å². The van der Waals surface area contributed by atoms with Crippen molar-refractivity contribution < 1.29 is 4.79 Å². The van der Waals surface area contributed by atoms with Crippen molar-refractivity contribution in [3.05, 3.63) is 58.1 Å². The summed E-state index contributed by atoms with van der Waals surface area (Å²) in [6.45, 7) is 0. The molecule has 5 heteroatoms. The minimum Gasteiger partial charge on any atom is -0.378 e. The van der Waals surface area contributed by atoms with E-state index in [9.17, 15) is 4.79 Å². The molecule has 1 N–H and O–H groups in total. The quantitative estimate of drug-likeness (QED) is 0.916. The second-order valence-corrected chi connectivity index (χ2v) is 5.43. The topological polar surface area (TPSA) is 32.3 Å². The number of halogens is 2. The van der Waals surface area contributed by atoms with Crippen molar-refractivity contribution in [2.45, 2.75) is 0 Å². The van der Waals surface area contributed by atoms with E-state index in [-0.39, 0.29) is 5.91 Å². The lowest BCUT2D eigenvalue weighted by atomic mass is 10.1. The third kappa shape index (κ3) is 3.65. The fourth-order valence-electron chi connectivity index (χ4n) is 1.75. The predicted octanol–water partition coefficient (Wildman–Crippen LogP) is 4.31. The third-order valence-electron chi connectivity index (χ3n) is 2.75. The van der Waals surface area contributed by atoms with Crippen LogP contribution in [0.2, 0.25) is 10.0 Å². The summed E-state index contributed by atoms with van der Waals surface area (Å²) in [6.07, 6.45) is 0. The van der Waals surface area contributed by atoms with Crippen LogP contribution in [0.4, 0.5) is 11.4 Å². The number of hydrogen-bond acceptors (Lipinski definition) is 2. The molecule has 1 amide bonds. The average molecular weight is 309 g/mol. The van der Waals surface area contributed by atoms with Crippen molar-refractivity contribution in [3.8, 4) is 0 Å². The molecule has 0 saturated carbocycles. The second kappa shape index (κ2) is 6.16. The summed E-state index contributed by atoms with van der Waals surface area (Å²) in [5.41, 5.74) is 2.11. The molecule has 0 radical (unpaired) electrons. The molecule has 104 valence electrons. The average Bonchev–Trinajstić information content (AvgIpc) is 2.37. The number of benzene rings is 2. The number of hydrogen-bond donors (Lipinski definition) is 1. The zero-order valence-corrected chi connectivity index (χ0v) is 12.7. The molecule has 0 aliphatic heterocycles. The van der Waals surface area contributed by atoms with Crippen LogP contribution >= 0.6 is 23.2 Å². The maximum Gasteiger partial charge on any atom is 0.255 e. The van der Waals surface area contributed by atoms with Crippen LogP contribution < -0.4 is 10.2 Å². The molecule has 20 heavy (non-hydrogen) atoms. The molecule has 0 bridgehead atoms. The van der Waals surface area contributed by atoms with E-state index in [0.717, 1.165) is 5.69 Å². The van der Waals surface area contributed by atoms with Gasteiger partial charge in [0, 0.05) is 41.1 Å². The Hall–Kier alpha value is -1.71. The van der Waals surface area contributed by atoms with Gasteiger partial charge in [0.1, 0.15) is 0 Å². The first-order chi connectivity index (χ1) is 9.45. The van der Waals surface area contributed by atoms with Gasteiger partial charge in [-0.25, -0.2) is 0 Å². The van der Waals surface area contributed by atoms with Crippen molar-refractivity contribution in [2.75, 3.05) is 24.3 Å². The first kappa shape index (κ1) is 14.7. The lowest BCUT2D eigenvalue weighted by molar-refractivity contribution is 0.102. The van der Waals surface area contributed by atoms with E-state index in [1.165, 1.54) is 0 Å². The van der Waals surface area contributed by atoms with Gasteiger partial charge in [-0.05, 0) is 36.4 Å². The molecule has 0 heterocycles. The summed E-state index contributed by atoms with van der Waals surface area (Å²) in [5, 5.41) is 3.74. The van der Waals surface area contributed by atoms with Crippen LogP contribution in [0.3, 0.4) is 0 Å². The van der Waals surface area contributed by atoms with Crippen LogP contribution in [0.5, 0.6) is 0 Å². The number of carbonyl (C=O) groups is 1. The standard InChI is InChI=1S/C15H14Cl2N2O/c1-19(2)14-5-3-4-10(6-14)15(20)18-13-8-11(16)7-12(17)9-13/h3-9H,1-2H3,(H,18,20). The van der Waals surface area contributed by atoms with Gasteiger partial charge in [0.2, 0.25) is 0 Å². The van der Waals surface area contributed by atoms with Gasteiger partial charge in [-0.2, -0.15) is 0 Å². The van der Waals surface area contributed by atoms with Crippen LogP contribution in [0.15, 0.2) is 42.5 Å². The van der Waals surface area contributed by atoms with Crippen molar-refractivity contribution in [3.63, 3.8) is 0 Å². The van der Waals surface area contributed by atoms with Gasteiger partial charge in [0.25, 0.3) is 5.91 Å². The SMILES string of the molecule is CN(C)c1cccc(C(=O)Nc2cc(Cl)cc(Cl)c2)c1. The van der Waals surface area contributed by atoms with E-state index in [1.807, 2.05) is 37.2 Å². The molecule has 2 aromatic carbocycles. The summed E-state index contributed by atoms with van der Waals surface area (Å²) in [4.78, 5) is 14.1. The molecule has 0 atom stereocenters. The predicted molar refractivity (Wildman–Crippen MR) is 85.2 cm³/mol. The molecule has 0 unspecified atom stereocenters. The minimum absolute atomic E-state index is 0.202. The monoisotopic (exact) mass is 308 g/mol. The molecule has 0 aliphatic rings. The van der Waals surface area contributed by atoms with Gasteiger partial charge in [-0.15, -0.1) is 0 Å². The van der Waals surface area contributed by atoms with E-state index in [1.54, 1.807) is 24.3 Å².